The maximum atomic E-state index is 10.6. The van der Waals surface area contributed by atoms with Crippen LogP contribution >= 0.6 is 0 Å². The monoisotopic (exact) mass is 260 g/mol. The molecule has 7 heteroatoms. The highest BCUT2D eigenvalue weighted by molar-refractivity contribution is 5.88. The molecule has 1 heterocycles. The van der Waals surface area contributed by atoms with Crippen molar-refractivity contribution in [1.82, 2.24) is 0 Å². The Hall–Kier alpha value is -2.96. The Morgan fingerprint density at radius 2 is 1.95 bits per heavy atom. The average molecular weight is 260 g/mol. The number of hydrogen-bond acceptors (Lipinski definition) is 5. The summed E-state index contributed by atoms with van der Waals surface area (Å²) in [6.07, 6.45) is 1.32. The SMILES string of the molecule is O=C(O)c1ccc(N=Cc2ccc([N+](=O)[O-])o2)cc1. The van der Waals surface area contributed by atoms with Crippen LogP contribution < -0.4 is 0 Å². The predicted molar refractivity (Wildman–Crippen MR) is 66.0 cm³/mol. The molecule has 0 saturated heterocycles. The molecule has 0 fully saturated rings. The molecule has 1 aromatic heterocycles. The third kappa shape index (κ3) is 3.03. The first kappa shape index (κ1) is 12.5. The summed E-state index contributed by atoms with van der Waals surface area (Å²) in [5.74, 6) is -1.13. The molecule has 0 saturated carbocycles. The van der Waals surface area contributed by atoms with Crippen molar-refractivity contribution in [2.45, 2.75) is 0 Å². The first-order chi connectivity index (χ1) is 9.06. The summed E-state index contributed by atoms with van der Waals surface area (Å²) >= 11 is 0. The van der Waals surface area contributed by atoms with Crippen LogP contribution in [0.4, 0.5) is 11.6 Å². The highest BCUT2D eigenvalue weighted by Gasteiger charge is 2.10. The number of hydrogen-bond donors (Lipinski definition) is 1. The smallest absolute Gasteiger partial charge is 0.433 e. The summed E-state index contributed by atoms with van der Waals surface area (Å²) in [5, 5.41) is 19.1. The van der Waals surface area contributed by atoms with Crippen molar-refractivity contribution in [2.24, 2.45) is 4.99 Å². The van der Waals surface area contributed by atoms with Crippen molar-refractivity contribution in [3.05, 3.63) is 57.8 Å². The highest BCUT2D eigenvalue weighted by atomic mass is 16.6. The van der Waals surface area contributed by atoms with E-state index in [0.717, 1.165) is 0 Å². The van der Waals surface area contributed by atoms with E-state index in [1.165, 1.54) is 42.6 Å². The Morgan fingerprint density at radius 3 is 2.47 bits per heavy atom. The lowest BCUT2D eigenvalue weighted by Crippen LogP contribution is -1.94. The summed E-state index contributed by atoms with van der Waals surface area (Å²) in [5.41, 5.74) is 0.677. The fraction of sp³-hybridized carbons (Fsp3) is 0. The Bertz CT molecular complexity index is 642. The van der Waals surface area contributed by atoms with E-state index >= 15 is 0 Å². The van der Waals surface area contributed by atoms with Crippen LogP contribution in [-0.4, -0.2) is 22.2 Å². The first-order valence-electron chi connectivity index (χ1n) is 5.18. The quantitative estimate of drug-likeness (QED) is 0.516. The average Bonchev–Trinajstić information content (AvgIpc) is 2.86. The number of carbonyl (C=O) groups is 1. The summed E-state index contributed by atoms with van der Waals surface area (Å²) in [4.78, 5) is 24.4. The molecule has 0 aliphatic carbocycles. The minimum absolute atomic E-state index is 0.160. The zero-order chi connectivity index (χ0) is 13.8. The lowest BCUT2D eigenvalue weighted by Gasteiger charge is -1.94. The van der Waals surface area contributed by atoms with Crippen LogP contribution in [0.1, 0.15) is 16.1 Å². The zero-order valence-corrected chi connectivity index (χ0v) is 9.52. The molecule has 0 atom stereocenters. The van der Waals surface area contributed by atoms with Gasteiger partial charge in [0.2, 0.25) is 0 Å². The Morgan fingerprint density at radius 1 is 1.26 bits per heavy atom. The van der Waals surface area contributed by atoms with Crippen LogP contribution in [0.5, 0.6) is 0 Å². The number of carboxylic acid groups (broad SMARTS) is 1. The van der Waals surface area contributed by atoms with Crippen LogP contribution in [0.3, 0.4) is 0 Å². The number of aliphatic imine (C=N–C) groups is 1. The first-order valence-corrected chi connectivity index (χ1v) is 5.18. The number of nitrogens with zero attached hydrogens (tertiary/aromatic N) is 2. The summed E-state index contributed by atoms with van der Waals surface area (Å²) in [7, 11) is 0. The van der Waals surface area contributed by atoms with Gasteiger partial charge in [0.25, 0.3) is 0 Å². The Labute approximate surface area is 107 Å². The molecule has 1 N–H and O–H groups in total. The van der Waals surface area contributed by atoms with Gasteiger partial charge in [-0.2, -0.15) is 0 Å². The molecule has 19 heavy (non-hydrogen) atoms. The van der Waals surface area contributed by atoms with Gasteiger partial charge in [-0.05, 0) is 30.3 Å². The molecule has 0 aliphatic heterocycles. The largest absolute Gasteiger partial charge is 0.478 e. The predicted octanol–water partition coefficient (Wildman–Crippen LogP) is 2.64. The van der Waals surface area contributed by atoms with Gasteiger partial charge in [0, 0.05) is 0 Å². The van der Waals surface area contributed by atoms with Crippen LogP contribution in [0, 0.1) is 10.1 Å². The lowest BCUT2D eigenvalue weighted by atomic mass is 10.2. The van der Waals surface area contributed by atoms with Crippen molar-refractivity contribution >= 4 is 23.8 Å². The number of aromatic carboxylic acids is 1. The van der Waals surface area contributed by atoms with Gasteiger partial charge < -0.3 is 9.52 Å². The molecule has 2 aromatic rings. The molecule has 0 bridgehead atoms. The van der Waals surface area contributed by atoms with Crippen LogP contribution in [0.2, 0.25) is 0 Å². The van der Waals surface area contributed by atoms with E-state index in [2.05, 4.69) is 4.99 Å². The summed E-state index contributed by atoms with van der Waals surface area (Å²) in [6.45, 7) is 0. The van der Waals surface area contributed by atoms with E-state index in [0.29, 0.717) is 5.69 Å². The van der Waals surface area contributed by atoms with Crippen LogP contribution in [-0.2, 0) is 0 Å². The Kier molecular flexibility index (Phi) is 3.37. The van der Waals surface area contributed by atoms with Gasteiger partial charge in [-0.25, -0.2) is 4.79 Å². The van der Waals surface area contributed by atoms with E-state index < -0.39 is 10.9 Å². The minimum Gasteiger partial charge on any atom is -0.478 e. The second kappa shape index (κ2) is 5.13. The highest BCUT2D eigenvalue weighted by Crippen LogP contribution is 2.16. The van der Waals surface area contributed by atoms with Crippen LogP contribution in [0.15, 0.2) is 45.8 Å². The van der Waals surface area contributed by atoms with Gasteiger partial charge in [-0.15, -0.1) is 0 Å². The topological polar surface area (TPSA) is 106 Å². The number of carboxylic acids is 1. The Balaban J connectivity index is 2.13. The summed E-state index contributed by atoms with van der Waals surface area (Å²) < 4.78 is 4.89. The molecule has 0 amide bonds. The fourth-order valence-electron chi connectivity index (χ4n) is 1.34. The van der Waals surface area contributed by atoms with E-state index in [1.807, 2.05) is 0 Å². The fourth-order valence-corrected chi connectivity index (χ4v) is 1.34. The van der Waals surface area contributed by atoms with E-state index in [1.54, 1.807) is 0 Å². The molecular weight excluding hydrogens is 252 g/mol. The van der Waals surface area contributed by atoms with Crippen molar-refractivity contribution in [3.8, 4) is 0 Å². The van der Waals surface area contributed by atoms with Gasteiger partial charge in [0.1, 0.15) is 4.92 Å². The maximum Gasteiger partial charge on any atom is 0.433 e. The number of furan rings is 1. The zero-order valence-electron chi connectivity index (χ0n) is 9.52. The van der Waals surface area contributed by atoms with E-state index in [9.17, 15) is 14.9 Å². The van der Waals surface area contributed by atoms with Gasteiger partial charge in [0.15, 0.2) is 5.76 Å². The van der Waals surface area contributed by atoms with Crippen molar-refractivity contribution in [1.29, 1.82) is 0 Å². The number of benzene rings is 1. The molecule has 1 aromatic carbocycles. The van der Waals surface area contributed by atoms with Crippen LogP contribution in [0.25, 0.3) is 0 Å². The molecule has 0 aliphatic rings. The maximum absolute atomic E-state index is 10.6. The second-order valence-electron chi connectivity index (χ2n) is 3.54. The molecule has 0 unspecified atom stereocenters. The van der Waals surface area contributed by atoms with Crippen molar-refractivity contribution < 1.29 is 19.2 Å². The molecule has 96 valence electrons. The molecular formula is C12H8N2O5. The normalized spacial score (nSPS) is 10.7. The number of rotatable bonds is 4. The lowest BCUT2D eigenvalue weighted by molar-refractivity contribution is -0.402. The van der Waals surface area contributed by atoms with Gasteiger partial charge in [-0.3, -0.25) is 15.1 Å². The third-order valence-electron chi connectivity index (χ3n) is 2.25. The minimum atomic E-state index is -1.02. The van der Waals surface area contributed by atoms with E-state index in [4.69, 9.17) is 9.52 Å². The molecule has 0 radical (unpaired) electrons. The second-order valence-corrected chi connectivity index (χ2v) is 3.54. The standard InChI is InChI=1S/C12H8N2O5/c15-12(16)8-1-3-9(4-2-8)13-7-10-5-6-11(19-10)14(17)18/h1-7H,(H,15,16). The van der Waals surface area contributed by atoms with Crippen molar-refractivity contribution in [3.63, 3.8) is 0 Å². The van der Waals surface area contributed by atoms with Gasteiger partial charge >= 0.3 is 11.9 Å². The molecule has 7 nitrogen and oxygen atoms in total. The van der Waals surface area contributed by atoms with Gasteiger partial charge in [-0.1, -0.05) is 0 Å². The molecule has 0 spiro atoms. The van der Waals surface area contributed by atoms with Crippen molar-refractivity contribution in [2.75, 3.05) is 0 Å². The third-order valence-corrected chi connectivity index (χ3v) is 2.25. The molecule has 2 rings (SSSR count). The van der Waals surface area contributed by atoms with E-state index in [-0.39, 0.29) is 17.2 Å². The number of nitro groups is 1. The van der Waals surface area contributed by atoms with Gasteiger partial charge in [0.05, 0.1) is 23.5 Å². The summed E-state index contributed by atoms with van der Waals surface area (Å²) in [6, 6.07) is 8.54.